The van der Waals surface area contributed by atoms with Crippen LogP contribution in [0, 0.1) is 0 Å². The van der Waals surface area contributed by atoms with Crippen LogP contribution in [0.25, 0.3) is 0 Å². The first-order valence-corrected chi connectivity index (χ1v) is 6.44. The molecule has 1 atom stereocenters. The van der Waals surface area contributed by atoms with Crippen molar-refractivity contribution in [3.63, 3.8) is 0 Å². The number of carbonyl (C=O) groups excluding carboxylic acids is 1. The standard InChI is InChI=1S/C14H17N3O/c1-10-15-13(14(18)16-10)11-4-6-12(7-5-11)17-8-2-3-9-17/h4-7,13H,2-3,8-9H2,1H3,(H,15,16,18). The van der Waals surface area contributed by atoms with Crippen LogP contribution in [0.1, 0.15) is 31.4 Å². The molecular weight excluding hydrogens is 226 g/mol. The summed E-state index contributed by atoms with van der Waals surface area (Å²) < 4.78 is 0. The van der Waals surface area contributed by atoms with E-state index in [1.807, 2.05) is 19.1 Å². The molecule has 0 aromatic heterocycles. The zero-order valence-corrected chi connectivity index (χ0v) is 10.5. The molecule has 2 aliphatic rings. The Morgan fingerprint density at radius 2 is 1.89 bits per heavy atom. The van der Waals surface area contributed by atoms with Gasteiger partial charge in [-0.2, -0.15) is 0 Å². The number of carbonyl (C=O) groups is 1. The van der Waals surface area contributed by atoms with Crippen LogP contribution in [0.3, 0.4) is 0 Å². The van der Waals surface area contributed by atoms with E-state index in [0.717, 1.165) is 18.7 Å². The highest BCUT2D eigenvalue weighted by Crippen LogP contribution is 2.25. The van der Waals surface area contributed by atoms with Gasteiger partial charge in [-0.15, -0.1) is 0 Å². The molecule has 4 heteroatoms. The summed E-state index contributed by atoms with van der Waals surface area (Å²) in [5, 5.41) is 2.74. The number of aliphatic imine (C=N–C) groups is 1. The lowest BCUT2D eigenvalue weighted by atomic mass is 10.1. The number of hydrogen-bond acceptors (Lipinski definition) is 3. The molecule has 1 unspecified atom stereocenters. The number of amidine groups is 1. The topological polar surface area (TPSA) is 44.7 Å². The first-order chi connectivity index (χ1) is 8.74. The van der Waals surface area contributed by atoms with E-state index >= 15 is 0 Å². The van der Waals surface area contributed by atoms with Crippen molar-refractivity contribution in [1.29, 1.82) is 0 Å². The molecule has 1 fully saturated rings. The number of nitrogens with one attached hydrogen (secondary N) is 1. The Morgan fingerprint density at radius 1 is 1.22 bits per heavy atom. The third-order valence-corrected chi connectivity index (χ3v) is 3.56. The second kappa shape index (κ2) is 4.44. The summed E-state index contributed by atoms with van der Waals surface area (Å²) in [6.45, 7) is 4.09. The second-order valence-electron chi connectivity index (χ2n) is 4.89. The van der Waals surface area contributed by atoms with Crippen LogP contribution >= 0.6 is 0 Å². The number of anilines is 1. The lowest BCUT2D eigenvalue weighted by Gasteiger charge is -2.18. The van der Waals surface area contributed by atoms with Gasteiger partial charge in [-0.25, -0.2) is 0 Å². The Hall–Kier alpha value is -1.84. The number of amides is 1. The Bertz CT molecular complexity index is 486. The molecule has 1 aromatic rings. The van der Waals surface area contributed by atoms with Crippen LogP contribution < -0.4 is 10.2 Å². The lowest BCUT2D eigenvalue weighted by molar-refractivity contribution is -0.120. The molecule has 1 aromatic carbocycles. The molecule has 2 heterocycles. The van der Waals surface area contributed by atoms with E-state index in [2.05, 4.69) is 27.3 Å². The zero-order chi connectivity index (χ0) is 12.5. The smallest absolute Gasteiger partial charge is 0.254 e. The van der Waals surface area contributed by atoms with Crippen LogP contribution in [0.15, 0.2) is 29.3 Å². The normalized spacial score (nSPS) is 23.2. The van der Waals surface area contributed by atoms with E-state index in [0.29, 0.717) is 5.84 Å². The van der Waals surface area contributed by atoms with Crippen molar-refractivity contribution in [2.24, 2.45) is 4.99 Å². The van der Waals surface area contributed by atoms with E-state index < -0.39 is 0 Å². The van der Waals surface area contributed by atoms with Crippen molar-refractivity contribution >= 4 is 17.4 Å². The summed E-state index contributed by atoms with van der Waals surface area (Å²) in [6.07, 6.45) is 2.55. The molecule has 2 aliphatic heterocycles. The summed E-state index contributed by atoms with van der Waals surface area (Å²) in [7, 11) is 0. The van der Waals surface area contributed by atoms with Gasteiger partial charge in [0.25, 0.3) is 5.91 Å². The maximum Gasteiger partial charge on any atom is 0.254 e. The van der Waals surface area contributed by atoms with Crippen LogP contribution in [0.2, 0.25) is 0 Å². The highest BCUT2D eigenvalue weighted by atomic mass is 16.2. The quantitative estimate of drug-likeness (QED) is 0.862. The van der Waals surface area contributed by atoms with Gasteiger partial charge in [0.05, 0.1) is 0 Å². The Balaban J connectivity index is 1.80. The summed E-state index contributed by atoms with van der Waals surface area (Å²) in [4.78, 5) is 18.4. The number of benzene rings is 1. The van der Waals surface area contributed by atoms with Gasteiger partial charge < -0.3 is 10.2 Å². The van der Waals surface area contributed by atoms with Crippen LogP contribution in [0.5, 0.6) is 0 Å². The minimum atomic E-state index is -0.363. The molecule has 0 radical (unpaired) electrons. The first-order valence-electron chi connectivity index (χ1n) is 6.44. The van der Waals surface area contributed by atoms with E-state index in [-0.39, 0.29) is 11.9 Å². The second-order valence-corrected chi connectivity index (χ2v) is 4.89. The molecule has 0 aliphatic carbocycles. The fraction of sp³-hybridized carbons (Fsp3) is 0.429. The monoisotopic (exact) mass is 243 g/mol. The maximum atomic E-state index is 11.7. The average molecular weight is 243 g/mol. The number of nitrogens with zero attached hydrogens (tertiary/aromatic N) is 2. The predicted molar refractivity (Wildman–Crippen MR) is 71.9 cm³/mol. The first kappa shape index (κ1) is 11.3. The Kier molecular flexibility index (Phi) is 2.78. The number of rotatable bonds is 2. The fourth-order valence-electron chi connectivity index (χ4n) is 2.60. The van der Waals surface area contributed by atoms with Crippen molar-refractivity contribution in [1.82, 2.24) is 5.32 Å². The third kappa shape index (κ3) is 1.98. The van der Waals surface area contributed by atoms with Crippen molar-refractivity contribution in [2.75, 3.05) is 18.0 Å². The molecule has 0 spiro atoms. The molecule has 0 saturated carbocycles. The minimum Gasteiger partial charge on any atom is -0.372 e. The zero-order valence-electron chi connectivity index (χ0n) is 10.5. The van der Waals surface area contributed by atoms with Crippen molar-refractivity contribution in [3.8, 4) is 0 Å². The lowest BCUT2D eigenvalue weighted by Crippen LogP contribution is -2.23. The van der Waals surface area contributed by atoms with Crippen molar-refractivity contribution in [2.45, 2.75) is 25.8 Å². The van der Waals surface area contributed by atoms with E-state index in [4.69, 9.17) is 0 Å². The highest BCUT2D eigenvalue weighted by Gasteiger charge is 2.25. The van der Waals surface area contributed by atoms with Gasteiger partial charge >= 0.3 is 0 Å². The molecule has 3 rings (SSSR count). The van der Waals surface area contributed by atoms with E-state index in [9.17, 15) is 4.79 Å². The van der Waals surface area contributed by atoms with Gasteiger partial charge in [0, 0.05) is 18.8 Å². The maximum absolute atomic E-state index is 11.7. The van der Waals surface area contributed by atoms with E-state index in [1.165, 1.54) is 18.5 Å². The van der Waals surface area contributed by atoms with Gasteiger partial charge in [-0.3, -0.25) is 9.79 Å². The fourth-order valence-corrected chi connectivity index (χ4v) is 2.60. The number of hydrogen-bond donors (Lipinski definition) is 1. The molecule has 4 nitrogen and oxygen atoms in total. The van der Waals surface area contributed by atoms with Crippen molar-refractivity contribution in [3.05, 3.63) is 29.8 Å². The predicted octanol–water partition coefficient (Wildman–Crippen LogP) is 1.88. The third-order valence-electron chi connectivity index (χ3n) is 3.56. The molecule has 1 N–H and O–H groups in total. The van der Waals surface area contributed by atoms with Gasteiger partial charge in [-0.1, -0.05) is 12.1 Å². The van der Waals surface area contributed by atoms with Crippen molar-refractivity contribution < 1.29 is 4.79 Å². The van der Waals surface area contributed by atoms with Crippen LogP contribution in [0.4, 0.5) is 5.69 Å². The van der Waals surface area contributed by atoms with Gasteiger partial charge in [-0.05, 0) is 37.5 Å². The molecule has 1 amide bonds. The largest absolute Gasteiger partial charge is 0.372 e. The molecular formula is C14H17N3O. The van der Waals surface area contributed by atoms with E-state index in [1.54, 1.807) is 0 Å². The van der Waals surface area contributed by atoms with Crippen LogP contribution in [-0.4, -0.2) is 24.8 Å². The average Bonchev–Trinajstić information content (AvgIpc) is 2.99. The summed E-state index contributed by atoms with van der Waals surface area (Å²) >= 11 is 0. The van der Waals surface area contributed by atoms with Crippen LogP contribution in [-0.2, 0) is 4.79 Å². The van der Waals surface area contributed by atoms with Gasteiger partial charge in [0.15, 0.2) is 6.04 Å². The summed E-state index contributed by atoms with van der Waals surface area (Å²) in [5.74, 6) is 0.676. The Labute approximate surface area is 107 Å². The SMILES string of the molecule is CC1=NC(c2ccc(N3CCCC3)cc2)C(=O)N1. The highest BCUT2D eigenvalue weighted by molar-refractivity contribution is 6.05. The molecule has 18 heavy (non-hydrogen) atoms. The minimum absolute atomic E-state index is 0.0265. The summed E-state index contributed by atoms with van der Waals surface area (Å²) in [5.41, 5.74) is 2.21. The van der Waals surface area contributed by atoms with Gasteiger partial charge in [0.1, 0.15) is 5.84 Å². The van der Waals surface area contributed by atoms with Gasteiger partial charge in [0.2, 0.25) is 0 Å². The molecule has 1 saturated heterocycles. The molecule has 94 valence electrons. The summed E-state index contributed by atoms with van der Waals surface area (Å²) in [6, 6.07) is 7.85. The molecule has 0 bridgehead atoms. The Morgan fingerprint density at radius 3 is 2.44 bits per heavy atom.